The minimum absolute atomic E-state index is 0.111. The zero-order valence-electron chi connectivity index (χ0n) is 64.5. The quantitative estimate of drug-likeness (QED) is 0.0306. The van der Waals surface area contributed by atoms with E-state index in [-0.39, 0.29) is 148 Å². The third-order valence-electron chi connectivity index (χ3n) is 21.4. The first-order chi connectivity index (χ1) is 54.1. The maximum absolute atomic E-state index is 14.7. The van der Waals surface area contributed by atoms with Gasteiger partial charge in [0.1, 0.15) is 79.6 Å². The van der Waals surface area contributed by atoms with Gasteiger partial charge in [0.15, 0.2) is 0 Å². The number of halogens is 5. The van der Waals surface area contributed by atoms with Gasteiger partial charge in [0.2, 0.25) is 0 Å². The summed E-state index contributed by atoms with van der Waals surface area (Å²) in [6.07, 6.45) is 9.45. The Morgan fingerprint density at radius 1 is 0.439 bits per heavy atom. The minimum atomic E-state index is -2.93. The molecule has 0 unspecified atom stereocenters. The third-order valence-corrected chi connectivity index (χ3v) is 29.3. The lowest BCUT2D eigenvalue weighted by atomic mass is 9.98. The zero-order valence-corrected chi connectivity index (χ0v) is 70.1. The molecule has 4 aliphatic heterocycles. The van der Waals surface area contributed by atoms with Crippen LogP contribution in [-0.2, 0) is 65.5 Å². The van der Waals surface area contributed by atoms with E-state index in [0.29, 0.717) is 151 Å². The van der Waals surface area contributed by atoms with Crippen LogP contribution in [0.15, 0.2) is 108 Å². The summed E-state index contributed by atoms with van der Waals surface area (Å²) in [5, 5.41) is 28.7. The number of H-pyrrole nitrogens is 5. The molecule has 4 aromatic carbocycles. The second kappa shape index (κ2) is 39.3. The van der Waals surface area contributed by atoms with E-state index < -0.39 is 39.3 Å². The van der Waals surface area contributed by atoms with E-state index >= 15 is 0 Å². The smallest absolute Gasteiger partial charge is 0.274 e. The number of amides is 4. The lowest BCUT2D eigenvalue weighted by Crippen LogP contribution is -2.34. The molecule has 9 aromatic rings. The lowest BCUT2D eigenvalue weighted by Gasteiger charge is -2.27. The first-order valence-electron chi connectivity index (χ1n) is 38.1. The van der Waals surface area contributed by atoms with E-state index in [9.17, 15) is 66.0 Å². The third kappa shape index (κ3) is 25.2. The van der Waals surface area contributed by atoms with Crippen LogP contribution >= 0.6 is 27.5 Å². The molecule has 0 saturated carbocycles. The van der Waals surface area contributed by atoms with Crippen LogP contribution in [0, 0.1) is 75.7 Å². The molecular weight excluding hydrogens is 1640 g/mol. The van der Waals surface area contributed by atoms with Crippen LogP contribution in [0.2, 0.25) is 5.02 Å². The summed E-state index contributed by atoms with van der Waals surface area (Å²) in [7, 11) is -11.7. The number of aromatic amines is 5. The molecule has 7 N–H and O–H groups in total. The van der Waals surface area contributed by atoms with Crippen LogP contribution in [0.25, 0.3) is 10.9 Å². The summed E-state index contributed by atoms with van der Waals surface area (Å²) >= 11 is 9.66. The Morgan fingerprint density at radius 2 is 0.781 bits per heavy atom. The molecule has 0 bridgehead atoms. The van der Waals surface area contributed by atoms with E-state index in [1.54, 1.807) is 98.6 Å². The van der Waals surface area contributed by atoms with Gasteiger partial charge in [0, 0.05) is 106 Å². The molecule has 0 aliphatic carbocycles. The van der Waals surface area contributed by atoms with Crippen LogP contribution in [0.4, 0.5) is 18.9 Å². The zero-order chi connectivity index (χ0) is 82.2. The number of hydrogen-bond donors (Lipinski definition) is 6. The van der Waals surface area contributed by atoms with Gasteiger partial charge in [0.05, 0.1) is 64.6 Å². The number of aromatic nitrogens is 9. The molecule has 616 valence electrons. The van der Waals surface area contributed by atoms with Gasteiger partial charge in [-0.25, -0.2) is 46.8 Å². The van der Waals surface area contributed by atoms with Crippen LogP contribution in [-0.4, -0.2) is 195 Å². The molecule has 35 heteroatoms. The maximum atomic E-state index is 14.7. The molecule has 9 heterocycles. The number of aryl methyl sites for hydroxylation is 5. The number of benzene rings is 4. The molecular formula is C79H99BrClF3N14O12S4. The Hall–Kier alpha value is -8.70. The SMILES string of the molecule is Cc1cc(C(=O)N(CCC2CCS(=O)(=O)CC2)Cc2c(F)ccc3cc[nH]c23)n[nH]1.Cc1cc(C(=O)N(CCC2CCS(=O)(=O)CC2)Cc2c(F)cccc2Br)n[nH]1.Cc1cc(C(=O)N(CCC2CCS(=O)(=O)CC2)Cc2c(N)cccc2Cl)n[nH]1.Cc1ccc(F)c(CN(CCC2CCS(=O)(=O)CC2)C(=O)c2cc(C)[nH]n2)c1. The summed E-state index contributed by atoms with van der Waals surface area (Å²) in [6, 6.07) is 26.6. The molecule has 114 heavy (non-hydrogen) atoms. The highest BCUT2D eigenvalue weighted by Gasteiger charge is 2.32. The van der Waals surface area contributed by atoms with E-state index in [2.05, 4.69) is 61.7 Å². The van der Waals surface area contributed by atoms with Gasteiger partial charge in [-0.1, -0.05) is 57.4 Å². The van der Waals surface area contributed by atoms with Gasteiger partial charge in [-0.05, 0) is 214 Å². The van der Waals surface area contributed by atoms with Gasteiger partial charge in [-0.3, -0.25) is 39.6 Å². The fourth-order valence-corrected chi connectivity index (χ4v) is 21.4. The Labute approximate surface area is 676 Å². The summed E-state index contributed by atoms with van der Waals surface area (Å²) in [6.45, 7) is 11.6. The molecule has 26 nitrogen and oxygen atoms in total. The van der Waals surface area contributed by atoms with Crippen LogP contribution in [0.5, 0.6) is 0 Å². The number of carbonyl (C=O) groups excluding carboxylic acids is 4. The summed E-state index contributed by atoms with van der Waals surface area (Å²) < 4.78 is 137. The molecule has 5 aromatic heterocycles. The molecule has 0 atom stereocenters. The van der Waals surface area contributed by atoms with Crippen molar-refractivity contribution in [3.8, 4) is 0 Å². The van der Waals surface area contributed by atoms with Crippen molar-refractivity contribution < 1.29 is 66.0 Å². The van der Waals surface area contributed by atoms with Crippen molar-refractivity contribution in [1.82, 2.24) is 65.4 Å². The van der Waals surface area contributed by atoms with E-state index in [1.165, 1.54) is 18.2 Å². The number of anilines is 1. The van der Waals surface area contributed by atoms with Gasteiger partial charge < -0.3 is 30.3 Å². The van der Waals surface area contributed by atoms with Crippen LogP contribution in [0.1, 0.15) is 170 Å². The number of nitrogen functional groups attached to an aromatic ring is 1. The fraction of sp³-hybridized carbons (Fsp3) is 0.468. The standard InChI is InChI=1S/C21H25FN4O3S.C20H26FN3O3S.C19H23BrFN3O3S.C19H25ClN4O3S/c1-14-12-19(25-24-14)21(27)26(9-5-15-6-10-30(28,29)11-7-15)13-17-18(22)3-2-16-4-8-23-20(16)17;1-14-3-4-18(21)17(11-14)13-24(20(25)19-12-15(2)22-23-19)8-5-16-6-9-28(26,27)10-7-16;2*1-13-11-18(23-22-13)19(25)24(12-15-16(20)3-2-4-17(15)21)8-5-14-6-9-28(26,27)10-7-14/h2-4,8,12,15,23H,5-7,9-11,13H2,1H3,(H,24,25);3-4,11-12,16H,5-10,13H2,1-2H3,(H,22,23);2-4,11,14H,5-10,12H2,1H3,(H,22,23);2-4,11,14H,5-10,12,21H2,1H3,(H,22,23). The monoisotopic (exact) mass is 1730 g/mol. The van der Waals surface area contributed by atoms with Crippen molar-refractivity contribution >= 4 is 107 Å². The molecule has 4 amide bonds. The van der Waals surface area contributed by atoms with Crippen LogP contribution < -0.4 is 5.73 Å². The number of carbonyl (C=O) groups is 4. The number of rotatable bonds is 24. The maximum Gasteiger partial charge on any atom is 0.274 e. The average molecular weight is 1740 g/mol. The van der Waals surface area contributed by atoms with Gasteiger partial charge in [-0.2, -0.15) is 20.4 Å². The highest BCUT2D eigenvalue weighted by atomic mass is 79.9. The van der Waals surface area contributed by atoms with Crippen molar-refractivity contribution in [2.75, 3.05) is 77.9 Å². The highest BCUT2D eigenvalue weighted by molar-refractivity contribution is 9.10. The number of hydrogen-bond acceptors (Lipinski definition) is 17. The second-order valence-corrected chi connectivity index (χ2v) is 40.7. The van der Waals surface area contributed by atoms with Gasteiger partial charge >= 0.3 is 0 Å². The van der Waals surface area contributed by atoms with Crippen molar-refractivity contribution in [2.45, 2.75) is 138 Å². The Kier molecular flexibility index (Phi) is 30.2. The number of nitrogens with zero attached hydrogens (tertiary/aromatic N) is 8. The molecule has 0 radical (unpaired) electrons. The molecule has 0 spiro atoms. The summed E-state index contributed by atoms with van der Waals surface area (Å²) in [4.78, 5) is 61.7. The minimum Gasteiger partial charge on any atom is -0.398 e. The predicted octanol–water partition coefficient (Wildman–Crippen LogP) is 12.5. The lowest BCUT2D eigenvalue weighted by molar-refractivity contribution is 0.0716. The van der Waals surface area contributed by atoms with Crippen LogP contribution in [0.3, 0.4) is 0 Å². The largest absolute Gasteiger partial charge is 0.398 e. The van der Waals surface area contributed by atoms with Crippen molar-refractivity contribution in [3.63, 3.8) is 0 Å². The average Bonchev–Trinajstić information content (AvgIpc) is 1.60. The first kappa shape index (κ1) is 87.7. The Balaban J connectivity index is 0.000000161. The van der Waals surface area contributed by atoms with Gasteiger partial charge in [0.25, 0.3) is 23.6 Å². The van der Waals surface area contributed by atoms with E-state index in [0.717, 1.165) is 40.1 Å². The molecule has 4 fully saturated rings. The topological polar surface area (TPSA) is 374 Å². The predicted molar refractivity (Wildman–Crippen MR) is 436 cm³/mol. The number of fused-ring (bicyclic) bond motifs is 1. The normalized spacial score (nSPS) is 16.8. The van der Waals surface area contributed by atoms with Crippen molar-refractivity contribution in [3.05, 3.63) is 204 Å². The number of sulfone groups is 4. The Bertz CT molecular complexity index is 5100. The number of nitrogens with two attached hydrogens (primary N) is 1. The number of nitrogens with one attached hydrogen (secondary N) is 5. The Morgan fingerprint density at radius 3 is 1.14 bits per heavy atom. The fourth-order valence-electron chi connectivity index (χ4n) is 14.4. The second-order valence-electron chi connectivity index (χ2n) is 30.3. The van der Waals surface area contributed by atoms with E-state index in [4.69, 9.17) is 17.3 Å². The molecule has 4 aliphatic rings. The summed E-state index contributed by atoms with van der Waals surface area (Å²) in [5.74, 6) is 0.549. The van der Waals surface area contributed by atoms with E-state index in [1.807, 2.05) is 40.7 Å². The van der Waals surface area contributed by atoms with Gasteiger partial charge in [-0.15, -0.1) is 0 Å². The summed E-state index contributed by atoms with van der Waals surface area (Å²) in [5.41, 5.74) is 14.6. The van der Waals surface area contributed by atoms with Crippen molar-refractivity contribution in [1.29, 1.82) is 0 Å². The molecule has 4 saturated heterocycles. The highest BCUT2D eigenvalue weighted by Crippen LogP contribution is 2.32. The molecule has 13 rings (SSSR count). The van der Waals surface area contributed by atoms with Crippen molar-refractivity contribution in [2.24, 2.45) is 23.7 Å². The first-order valence-corrected chi connectivity index (χ1v) is 46.5.